The number of ketones is 1. The van der Waals surface area contributed by atoms with Gasteiger partial charge in [-0.3, -0.25) is 4.79 Å². The minimum atomic E-state index is -4.43. The minimum absolute atomic E-state index is 0.0396. The van der Waals surface area contributed by atoms with Gasteiger partial charge in [-0.25, -0.2) is 0 Å². The molecule has 4 atom stereocenters. The fraction of sp³-hybridized carbons (Fsp3) is 0.207. The van der Waals surface area contributed by atoms with Crippen LogP contribution in [0.15, 0.2) is 90.3 Å². The molecule has 1 aliphatic rings. The average Bonchev–Trinajstić information content (AvgIpc) is 3.52. The van der Waals surface area contributed by atoms with Crippen molar-refractivity contribution in [3.8, 4) is 0 Å². The Bertz CT molecular complexity index is 1330. The summed E-state index contributed by atoms with van der Waals surface area (Å²) in [7, 11) is 0. The number of rotatable bonds is 5. The maximum atomic E-state index is 14.1. The standard InChI is InChI=1S/C29H23ClF3NOS/c1-17-4-6-20(7-5-17)28(35)25-24(23-3-2-16-36-23)26(19-10-14-22(30)15-11-19)34-27(25)18-8-12-21(13-9-18)29(31,32)33/h2-16,24-27,34H,1H3. The van der Waals surface area contributed by atoms with Gasteiger partial charge in [-0.1, -0.05) is 71.8 Å². The molecule has 184 valence electrons. The molecule has 3 aromatic carbocycles. The van der Waals surface area contributed by atoms with Crippen LogP contribution in [-0.4, -0.2) is 5.78 Å². The first-order chi connectivity index (χ1) is 17.2. The first-order valence-electron chi connectivity index (χ1n) is 11.6. The highest BCUT2D eigenvalue weighted by Crippen LogP contribution is 2.52. The van der Waals surface area contributed by atoms with E-state index in [9.17, 15) is 18.0 Å². The van der Waals surface area contributed by atoms with Gasteiger partial charge in [-0.05, 0) is 53.8 Å². The molecule has 4 unspecified atom stereocenters. The normalized spacial score (nSPS) is 22.0. The van der Waals surface area contributed by atoms with Crippen molar-refractivity contribution in [2.24, 2.45) is 5.92 Å². The van der Waals surface area contributed by atoms with Crippen LogP contribution in [0.25, 0.3) is 0 Å². The third kappa shape index (κ3) is 4.85. The molecule has 4 aromatic rings. The van der Waals surface area contributed by atoms with Crippen molar-refractivity contribution in [1.82, 2.24) is 5.32 Å². The number of carbonyl (C=O) groups is 1. The lowest BCUT2D eigenvalue weighted by Gasteiger charge is -2.24. The van der Waals surface area contributed by atoms with Gasteiger partial charge < -0.3 is 5.32 Å². The molecule has 2 heterocycles. The average molecular weight is 526 g/mol. The predicted molar refractivity (Wildman–Crippen MR) is 138 cm³/mol. The summed E-state index contributed by atoms with van der Waals surface area (Å²) in [6, 6.07) is 23.3. The number of aryl methyl sites for hydroxylation is 1. The first kappa shape index (κ1) is 24.8. The van der Waals surface area contributed by atoms with Gasteiger partial charge in [0, 0.05) is 33.5 Å². The lowest BCUT2D eigenvalue weighted by atomic mass is 9.77. The zero-order chi connectivity index (χ0) is 25.4. The molecule has 1 saturated heterocycles. The van der Waals surface area contributed by atoms with Crippen molar-refractivity contribution in [1.29, 1.82) is 0 Å². The summed E-state index contributed by atoms with van der Waals surface area (Å²) < 4.78 is 39.7. The second kappa shape index (κ2) is 9.85. The summed E-state index contributed by atoms with van der Waals surface area (Å²) >= 11 is 7.71. The van der Waals surface area contributed by atoms with E-state index in [4.69, 9.17) is 11.6 Å². The maximum Gasteiger partial charge on any atom is 0.416 e. The summed E-state index contributed by atoms with van der Waals surface area (Å²) in [6.45, 7) is 1.96. The molecule has 0 amide bonds. The van der Waals surface area contributed by atoms with E-state index in [-0.39, 0.29) is 17.7 Å². The second-order valence-electron chi connectivity index (χ2n) is 9.09. The van der Waals surface area contributed by atoms with Crippen LogP contribution in [0.2, 0.25) is 5.02 Å². The fourth-order valence-electron chi connectivity index (χ4n) is 5.02. The second-order valence-corrected chi connectivity index (χ2v) is 10.5. The van der Waals surface area contributed by atoms with E-state index >= 15 is 0 Å². The van der Waals surface area contributed by atoms with Crippen molar-refractivity contribution >= 4 is 28.7 Å². The molecule has 36 heavy (non-hydrogen) atoms. The zero-order valence-electron chi connectivity index (χ0n) is 19.3. The summed E-state index contributed by atoms with van der Waals surface area (Å²) in [5.74, 6) is -0.779. The van der Waals surface area contributed by atoms with Crippen LogP contribution in [0.1, 0.15) is 55.5 Å². The number of Topliss-reactive ketones (excluding diaryl/α,β-unsaturated/α-hetero) is 1. The monoisotopic (exact) mass is 525 g/mol. The van der Waals surface area contributed by atoms with E-state index in [0.717, 1.165) is 28.1 Å². The number of alkyl halides is 3. The fourth-order valence-corrected chi connectivity index (χ4v) is 6.06. The molecule has 0 aliphatic carbocycles. The maximum absolute atomic E-state index is 14.1. The SMILES string of the molecule is Cc1ccc(C(=O)C2C(c3ccc(C(F)(F)F)cc3)NC(c3ccc(Cl)cc3)C2c2cccs2)cc1. The van der Waals surface area contributed by atoms with E-state index in [2.05, 4.69) is 5.32 Å². The molecular weight excluding hydrogens is 503 g/mol. The van der Waals surface area contributed by atoms with Gasteiger partial charge >= 0.3 is 6.18 Å². The Hall–Kier alpha value is -2.93. The molecule has 1 fully saturated rings. The van der Waals surface area contributed by atoms with Crippen molar-refractivity contribution in [3.05, 3.63) is 128 Å². The van der Waals surface area contributed by atoms with Gasteiger partial charge in [0.05, 0.1) is 11.5 Å². The summed E-state index contributed by atoms with van der Waals surface area (Å²) in [6.07, 6.45) is -4.43. The number of thiophene rings is 1. The third-order valence-corrected chi connectivity index (χ3v) is 8.03. The number of halogens is 4. The van der Waals surface area contributed by atoms with Gasteiger partial charge in [0.15, 0.2) is 5.78 Å². The molecule has 1 N–H and O–H groups in total. The van der Waals surface area contributed by atoms with Gasteiger partial charge in [0.25, 0.3) is 0 Å². The van der Waals surface area contributed by atoms with Gasteiger partial charge in [-0.15, -0.1) is 11.3 Å². The quantitative estimate of drug-likeness (QED) is 0.265. The molecule has 1 aromatic heterocycles. The lowest BCUT2D eigenvalue weighted by Crippen LogP contribution is -2.26. The molecule has 7 heteroatoms. The highest BCUT2D eigenvalue weighted by Gasteiger charge is 2.49. The van der Waals surface area contributed by atoms with E-state index < -0.39 is 23.7 Å². The van der Waals surface area contributed by atoms with Crippen LogP contribution in [-0.2, 0) is 6.18 Å². The number of hydrogen-bond acceptors (Lipinski definition) is 3. The smallest absolute Gasteiger partial charge is 0.302 e. The number of nitrogens with one attached hydrogen (secondary N) is 1. The number of carbonyl (C=O) groups excluding carboxylic acids is 1. The molecule has 0 saturated carbocycles. The molecule has 1 aliphatic heterocycles. The van der Waals surface area contributed by atoms with Gasteiger partial charge in [0.1, 0.15) is 0 Å². The third-order valence-electron chi connectivity index (χ3n) is 6.80. The summed E-state index contributed by atoms with van der Waals surface area (Å²) in [5.41, 5.74) is 2.53. The number of benzene rings is 3. The van der Waals surface area contributed by atoms with Gasteiger partial charge in [-0.2, -0.15) is 13.2 Å². The molecule has 5 rings (SSSR count). The minimum Gasteiger partial charge on any atom is -0.302 e. The van der Waals surface area contributed by atoms with E-state index in [1.54, 1.807) is 11.3 Å². The zero-order valence-corrected chi connectivity index (χ0v) is 20.9. The van der Waals surface area contributed by atoms with E-state index in [1.165, 1.54) is 12.1 Å². The summed E-state index contributed by atoms with van der Waals surface area (Å²) in [4.78, 5) is 15.1. The van der Waals surface area contributed by atoms with Gasteiger partial charge in [0.2, 0.25) is 0 Å². The largest absolute Gasteiger partial charge is 0.416 e. The Labute approximate surface area is 216 Å². The summed E-state index contributed by atoms with van der Waals surface area (Å²) in [5, 5.41) is 6.20. The van der Waals surface area contributed by atoms with Crippen LogP contribution in [0.5, 0.6) is 0 Å². The van der Waals surface area contributed by atoms with Crippen molar-refractivity contribution in [3.63, 3.8) is 0 Å². The molecule has 0 spiro atoms. The topological polar surface area (TPSA) is 29.1 Å². The molecule has 0 bridgehead atoms. The first-order valence-corrected chi connectivity index (χ1v) is 12.8. The van der Waals surface area contributed by atoms with E-state index in [1.807, 2.05) is 73.0 Å². The van der Waals surface area contributed by atoms with Crippen LogP contribution in [0, 0.1) is 12.8 Å². The van der Waals surface area contributed by atoms with Crippen molar-refractivity contribution < 1.29 is 18.0 Å². The van der Waals surface area contributed by atoms with Crippen molar-refractivity contribution in [2.45, 2.75) is 31.1 Å². The van der Waals surface area contributed by atoms with Crippen LogP contribution in [0.3, 0.4) is 0 Å². The lowest BCUT2D eigenvalue weighted by molar-refractivity contribution is -0.137. The Morgan fingerprint density at radius 2 is 1.47 bits per heavy atom. The molecule has 2 nitrogen and oxygen atoms in total. The highest BCUT2D eigenvalue weighted by atomic mass is 35.5. The Balaban J connectivity index is 1.63. The number of hydrogen-bond donors (Lipinski definition) is 1. The predicted octanol–water partition coefficient (Wildman–Crippen LogP) is 8.40. The Morgan fingerprint density at radius 1 is 0.861 bits per heavy atom. The van der Waals surface area contributed by atoms with Crippen LogP contribution in [0.4, 0.5) is 13.2 Å². The van der Waals surface area contributed by atoms with Crippen LogP contribution < -0.4 is 5.32 Å². The van der Waals surface area contributed by atoms with Crippen LogP contribution >= 0.6 is 22.9 Å². The Kier molecular flexibility index (Phi) is 6.77. The highest BCUT2D eigenvalue weighted by molar-refractivity contribution is 7.10. The van der Waals surface area contributed by atoms with E-state index in [0.29, 0.717) is 16.1 Å². The molecular formula is C29H23ClF3NOS. The van der Waals surface area contributed by atoms with Crippen molar-refractivity contribution in [2.75, 3.05) is 0 Å². The molecule has 0 radical (unpaired) electrons. The Morgan fingerprint density at radius 3 is 2.06 bits per heavy atom.